The fourth-order valence-electron chi connectivity index (χ4n) is 2.52. The lowest BCUT2D eigenvalue weighted by atomic mass is 9.90. The summed E-state index contributed by atoms with van der Waals surface area (Å²) in [6.07, 6.45) is 6.88. The van der Waals surface area contributed by atoms with E-state index in [1.807, 2.05) is 13.8 Å². The minimum atomic E-state index is -0.712. The van der Waals surface area contributed by atoms with Gasteiger partial charge in [0.25, 0.3) is 0 Å². The lowest BCUT2D eigenvalue weighted by molar-refractivity contribution is -0.152. The molecule has 17 heavy (non-hydrogen) atoms. The van der Waals surface area contributed by atoms with E-state index >= 15 is 0 Å². The summed E-state index contributed by atoms with van der Waals surface area (Å²) in [4.78, 5) is 26.0. The molecule has 2 rings (SSSR count). The zero-order valence-electron chi connectivity index (χ0n) is 10.5. The van der Waals surface area contributed by atoms with Crippen LogP contribution in [0.5, 0.6) is 0 Å². The number of amides is 2. The molecule has 4 heteroatoms. The summed E-state index contributed by atoms with van der Waals surface area (Å²) in [6, 6.07) is 0. The van der Waals surface area contributed by atoms with Crippen LogP contribution in [0.3, 0.4) is 0 Å². The average molecular weight is 236 g/mol. The van der Waals surface area contributed by atoms with Crippen LogP contribution in [0.25, 0.3) is 0 Å². The second kappa shape index (κ2) is 4.51. The summed E-state index contributed by atoms with van der Waals surface area (Å²) in [5.74, 6) is 0.142. The predicted molar refractivity (Wildman–Crippen MR) is 65.3 cm³/mol. The van der Waals surface area contributed by atoms with Gasteiger partial charge in [-0.1, -0.05) is 12.2 Å². The Kier molecular flexibility index (Phi) is 3.22. The van der Waals surface area contributed by atoms with Gasteiger partial charge in [-0.05, 0) is 33.1 Å². The highest BCUT2D eigenvalue weighted by atomic mass is 16.2. The van der Waals surface area contributed by atoms with Crippen molar-refractivity contribution in [1.29, 1.82) is 0 Å². The zero-order chi connectivity index (χ0) is 12.5. The van der Waals surface area contributed by atoms with Gasteiger partial charge < -0.3 is 10.2 Å². The Balaban J connectivity index is 2.12. The monoisotopic (exact) mass is 236 g/mol. The van der Waals surface area contributed by atoms with Crippen molar-refractivity contribution < 1.29 is 9.59 Å². The number of carbonyl (C=O) groups excluding carboxylic acids is 2. The third-order valence-electron chi connectivity index (χ3n) is 3.74. The first-order valence-electron chi connectivity index (χ1n) is 6.28. The van der Waals surface area contributed by atoms with Crippen molar-refractivity contribution in [2.45, 2.75) is 38.6 Å². The van der Waals surface area contributed by atoms with E-state index in [1.165, 1.54) is 0 Å². The lowest BCUT2D eigenvalue weighted by Gasteiger charge is -2.42. The van der Waals surface area contributed by atoms with Gasteiger partial charge in [-0.15, -0.1) is 0 Å². The molecule has 0 spiro atoms. The highest BCUT2D eigenvalue weighted by Crippen LogP contribution is 2.26. The second-order valence-corrected chi connectivity index (χ2v) is 5.29. The molecule has 0 radical (unpaired) electrons. The Hall–Kier alpha value is -1.32. The van der Waals surface area contributed by atoms with Crippen LogP contribution in [-0.4, -0.2) is 35.3 Å². The number of nitrogens with zero attached hydrogens (tertiary/aromatic N) is 1. The minimum Gasteiger partial charge on any atom is -0.352 e. The van der Waals surface area contributed by atoms with E-state index in [4.69, 9.17) is 0 Å². The Morgan fingerprint density at radius 3 is 2.88 bits per heavy atom. The third-order valence-corrected chi connectivity index (χ3v) is 3.74. The molecule has 0 aromatic heterocycles. The van der Waals surface area contributed by atoms with Gasteiger partial charge >= 0.3 is 0 Å². The van der Waals surface area contributed by atoms with Crippen LogP contribution in [-0.2, 0) is 9.59 Å². The first kappa shape index (κ1) is 12.1. The van der Waals surface area contributed by atoms with E-state index in [1.54, 1.807) is 4.90 Å². The summed E-state index contributed by atoms with van der Waals surface area (Å²) in [5.41, 5.74) is -0.712. The van der Waals surface area contributed by atoms with Crippen molar-refractivity contribution in [3.63, 3.8) is 0 Å². The van der Waals surface area contributed by atoms with Gasteiger partial charge in [0, 0.05) is 19.0 Å². The zero-order valence-corrected chi connectivity index (χ0v) is 10.5. The molecule has 1 aliphatic carbocycles. The first-order valence-corrected chi connectivity index (χ1v) is 6.28. The summed E-state index contributed by atoms with van der Waals surface area (Å²) in [5, 5.41) is 2.81. The molecule has 1 N–H and O–H groups in total. The maximum atomic E-state index is 12.4. The summed E-state index contributed by atoms with van der Waals surface area (Å²) < 4.78 is 0. The molecule has 1 aliphatic heterocycles. The highest BCUT2D eigenvalue weighted by Gasteiger charge is 2.42. The molecule has 4 nitrogen and oxygen atoms in total. The van der Waals surface area contributed by atoms with Crippen LogP contribution in [0.2, 0.25) is 0 Å². The van der Waals surface area contributed by atoms with Crippen LogP contribution in [0.15, 0.2) is 12.2 Å². The smallest absolute Gasteiger partial charge is 0.245 e. The molecule has 0 bridgehead atoms. The van der Waals surface area contributed by atoms with Crippen molar-refractivity contribution >= 4 is 11.8 Å². The van der Waals surface area contributed by atoms with Crippen LogP contribution in [0, 0.1) is 5.92 Å². The number of allylic oxidation sites excluding steroid dienone is 2. The first-order chi connectivity index (χ1) is 8.03. The predicted octanol–water partition coefficient (Wildman–Crippen LogP) is 1.08. The van der Waals surface area contributed by atoms with Crippen LogP contribution in [0.4, 0.5) is 0 Å². The largest absolute Gasteiger partial charge is 0.352 e. The molecule has 1 unspecified atom stereocenters. The minimum absolute atomic E-state index is 0.0524. The van der Waals surface area contributed by atoms with E-state index < -0.39 is 5.54 Å². The topological polar surface area (TPSA) is 49.4 Å². The molecule has 94 valence electrons. The average Bonchev–Trinajstić information content (AvgIpc) is 2.33. The lowest BCUT2D eigenvalue weighted by Crippen LogP contribution is -2.64. The Morgan fingerprint density at radius 2 is 2.24 bits per heavy atom. The van der Waals surface area contributed by atoms with Gasteiger partial charge in [-0.25, -0.2) is 0 Å². The van der Waals surface area contributed by atoms with E-state index in [9.17, 15) is 9.59 Å². The summed E-state index contributed by atoms with van der Waals surface area (Å²) in [7, 11) is 0. The fraction of sp³-hybridized carbons (Fsp3) is 0.692. The Bertz CT molecular complexity index is 360. The number of carbonyl (C=O) groups is 2. The number of piperazine rings is 1. The third kappa shape index (κ3) is 2.21. The Labute approximate surface area is 102 Å². The van der Waals surface area contributed by atoms with Crippen molar-refractivity contribution in [3.05, 3.63) is 12.2 Å². The summed E-state index contributed by atoms with van der Waals surface area (Å²) in [6.45, 7) is 4.82. The van der Waals surface area contributed by atoms with Crippen LogP contribution < -0.4 is 5.32 Å². The van der Waals surface area contributed by atoms with Gasteiger partial charge in [-0.2, -0.15) is 0 Å². The molecule has 1 heterocycles. The van der Waals surface area contributed by atoms with Gasteiger partial charge in [0.2, 0.25) is 11.8 Å². The molecule has 1 saturated heterocycles. The Morgan fingerprint density at radius 1 is 1.47 bits per heavy atom. The maximum Gasteiger partial charge on any atom is 0.245 e. The SMILES string of the molecule is CC1(C)C(=O)NCCN1C(=O)C1CC=CCC1. The number of hydrogen-bond donors (Lipinski definition) is 1. The van der Waals surface area contributed by atoms with E-state index in [0.29, 0.717) is 13.1 Å². The normalized spacial score (nSPS) is 27.8. The number of nitrogens with one attached hydrogen (secondary N) is 1. The highest BCUT2D eigenvalue weighted by molar-refractivity contribution is 5.92. The molecule has 0 aromatic rings. The van der Waals surface area contributed by atoms with Crippen molar-refractivity contribution in [3.8, 4) is 0 Å². The fourth-order valence-corrected chi connectivity index (χ4v) is 2.52. The molecule has 1 fully saturated rings. The molecule has 2 amide bonds. The summed E-state index contributed by atoms with van der Waals surface area (Å²) >= 11 is 0. The maximum absolute atomic E-state index is 12.4. The standard InChI is InChI=1S/C13H20N2O2/c1-13(2)12(17)14-8-9-15(13)11(16)10-6-4-3-5-7-10/h3-4,10H,5-9H2,1-2H3,(H,14,17). The quantitative estimate of drug-likeness (QED) is 0.693. The molecular formula is C13H20N2O2. The van der Waals surface area contributed by atoms with Gasteiger partial charge in [0.15, 0.2) is 0 Å². The molecule has 2 aliphatic rings. The molecule has 0 aromatic carbocycles. The number of hydrogen-bond acceptors (Lipinski definition) is 2. The van der Waals surface area contributed by atoms with Gasteiger partial charge in [-0.3, -0.25) is 9.59 Å². The van der Waals surface area contributed by atoms with Gasteiger partial charge in [0.05, 0.1) is 0 Å². The van der Waals surface area contributed by atoms with Crippen LogP contribution in [0.1, 0.15) is 33.1 Å². The molecule has 0 saturated carbocycles. The van der Waals surface area contributed by atoms with Gasteiger partial charge in [0.1, 0.15) is 5.54 Å². The second-order valence-electron chi connectivity index (χ2n) is 5.29. The van der Waals surface area contributed by atoms with E-state index in [-0.39, 0.29) is 17.7 Å². The van der Waals surface area contributed by atoms with Crippen molar-refractivity contribution in [2.75, 3.05) is 13.1 Å². The van der Waals surface area contributed by atoms with Crippen LogP contribution >= 0.6 is 0 Å². The number of rotatable bonds is 1. The van der Waals surface area contributed by atoms with E-state index in [2.05, 4.69) is 17.5 Å². The molecule has 1 atom stereocenters. The van der Waals surface area contributed by atoms with E-state index in [0.717, 1.165) is 19.3 Å². The molecular weight excluding hydrogens is 216 g/mol. The van der Waals surface area contributed by atoms with Crippen molar-refractivity contribution in [1.82, 2.24) is 10.2 Å². The van der Waals surface area contributed by atoms with Crippen molar-refractivity contribution in [2.24, 2.45) is 5.92 Å².